The number of benzene rings is 1. The van der Waals surface area contributed by atoms with E-state index >= 15 is 0 Å². The topological polar surface area (TPSA) is 79.9 Å². The Morgan fingerprint density at radius 2 is 2.27 bits per heavy atom. The van der Waals surface area contributed by atoms with Gasteiger partial charge in [0, 0.05) is 6.54 Å². The number of H-pyrrole nitrogens is 1. The number of hydrogen-bond acceptors (Lipinski definition) is 5. The van der Waals surface area contributed by atoms with Gasteiger partial charge in [-0.15, -0.1) is 5.10 Å². The van der Waals surface area contributed by atoms with Crippen molar-refractivity contribution in [3.05, 3.63) is 46.8 Å². The Morgan fingerprint density at radius 1 is 1.50 bits per heavy atom. The van der Waals surface area contributed by atoms with Crippen LogP contribution in [0.1, 0.15) is 47.5 Å². The molecule has 1 aromatic carbocycles. The molecule has 0 fully saturated rings. The third-order valence-corrected chi connectivity index (χ3v) is 3.21. The lowest BCUT2D eigenvalue weighted by Gasteiger charge is -2.11. The standard InChI is InChI=1S/C15H19FN4O2/c1-4-22-15(21)14-18-13(19-20-14)10(3)17-8-11-5-6-12(16)9(2)7-11/h5-7,10,17H,4,8H2,1-3H3,(H,18,19,20). The molecule has 2 aromatic rings. The van der Waals surface area contributed by atoms with Crippen molar-refractivity contribution in [3.63, 3.8) is 0 Å². The Bertz CT molecular complexity index is 657. The van der Waals surface area contributed by atoms with Crippen LogP contribution in [-0.4, -0.2) is 27.8 Å². The summed E-state index contributed by atoms with van der Waals surface area (Å²) in [5.41, 5.74) is 1.58. The van der Waals surface area contributed by atoms with Crippen LogP contribution in [0.3, 0.4) is 0 Å². The van der Waals surface area contributed by atoms with E-state index in [4.69, 9.17) is 4.74 Å². The number of carbonyl (C=O) groups is 1. The van der Waals surface area contributed by atoms with Gasteiger partial charge in [-0.05, 0) is 38.0 Å². The molecule has 1 unspecified atom stereocenters. The molecule has 118 valence electrons. The molecule has 2 N–H and O–H groups in total. The van der Waals surface area contributed by atoms with Gasteiger partial charge in [0.05, 0.1) is 12.6 Å². The maximum absolute atomic E-state index is 13.2. The van der Waals surface area contributed by atoms with Gasteiger partial charge in [-0.25, -0.2) is 14.2 Å². The molecule has 2 rings (SSSR count). The van der Waals surface area contributed by atoms with E-state index in [1.165, 1.54) is 6.07 Å². The van der Waals surface area contributed by atoms with Gasteiger partial charge in [0.15, 0.2) is 0 Å². The number of esters is 1. The number of nitrogens with zero attached hydrogens (tertiary/aromatic N) is 2. The molecule has 0 radical (unpaired) electrons. The molecule has 0 amide bonds. The average Bonchev–Trinajstić information content (AvgIpc) is 2.98. The lowest BCUT2D eigenvalue weighted by atomic mass is 10.1. The number of rotatable bonds is 6. The Morgan fingerprint density at radius 3 is 2.95 bits per heavy atom. The SMILES string of the molecule is CCOC(=O)c1n[nH]c(C(C)NCc2ccc(F)c(C)c2)n1. The molecule has 0 aliphatic heterocycles. The normalized spacial score (nSPS) is 12.2. The van der Waals surface area contributed by atoms with Gasteiger partial charge in [0.2, 0.25) is 0 Å². The van der Waals surface area contributed by atoms with Crippen molar-refractivity contribution in [2.75, 3.05) is 6.61 Å². The van der Waals surface area contributed by atoms with E-state index in [2.05, 4.69) is 20.5 Å². The summed E-state index contributed by atoms with van der Waals surface area (Å²) in [6.45, 7) is 6.18. The van der Waals surface area contributed by atoms with Crippen molar-refractivity contribution in [1.29, 1.82) is 0 Å². The monoisotopic (exact) mass is 306 g/mol. The van der Waals surface area contributed by atoms with Crippen molar-refractivity contribution in [3.8, 4) is 0 Å². The molecular weight excluding hydrogens is 287 g/mol. The van der Waals surface area contributed by atoms with Crippen molar-refractivity contribution >= 4 is 5.97 Å². The first-order valence-corrected chi connectivity index (χ1v) is 7.09. The van der Waals surface area contributed by atoms with Crippen LogP contribution in [0.25, 0.3) is 0 Å². The first-order chi connectivity index (χ1) is 10.5. The highest BCUT2D eigenvalue weighted by Crippen LogP contribution is 2.12. The maximum atomic E-state index is 13.2. The minimum Gasteiger partial charge on any atom is -0.460 e. The Kier molecular flexibility index (Phi) is 5.21. The number of carbonyl (C=O) groups excluding carboxylic acids is 1. The van der Waals surface area contributed by atoms with Gasteiger partial charge < -0.3 is 10.1 Å². The number of nitrogens with one attached hydrogen (secondary N) is 2. The molecular formula is C15H19FN4O2. The lowest BCUT2D eigenvalue weighted by molar-refractivity contribution is 0.0512. The zero-order valence-electron chi connectivity index (χ0n) is 12.8. The fourth-order valence-electron chi connectivity index (χ4n) is 1.94. The first-order valence-electron chi connectivity index (χ1n) is 7.09. The van der Waals surface area contributed by atoms with Crippen LogP contribution in [-0.2, 0) is 11.3 Å². The summed E-state index contributed by atoms with van der Waals surface area (Å²) in [6.07, 6.45) is 0. The summed E-state index contributed by atoms with van der Waals surface area (Å²) in [5, 5.41) is 9.79. The number of aryl methyl sites for hydroxylation is 1. The minimum atomic E-state index is -0.550. The van der Waals surface area contributed by atoms with Crippen LogP contribution < -0.4 is 5.32 Å². The van der Waals surface area contributed by atoms with E-state index in [0.717, 1.165) is 5.56 Å². The van der Waals surface area contributed by atoms with Crippen LogP contribution in [0, 0.1) is 12.7 Å². The number of aromatic amines is 1. The summed E-state index contributed by atoms with van der Waals surface area (Å²) < 4.78 is 18.1. The third kappa shape index (κ3) is 3.88. The molecule has 0 aliphatic rings. The fraction of sp³-hybridized carbons (Fsp3) is 0.400. The smallest absolute Gasteiger partial charge is 0.378 e. The largest absolute Gasteiger partial charge is 0.460 e. The lowest BCUT2D eigenvalue weighted by Crippen LogP contribution is -2.19. The third-order valence-electron chi connectivity index (χ3n) is 3.21. The summed E-state index contributed by atoms with van der Waals surface area (Å²) in [5.74, 6) is -0.206. The molecule has 0 saturated carbocycles. The van der Waals surface area contributed by atoms with E-state index in [1.807, 2.05) is 6.92 Å². The molecule has 22 heavy (non-hydrogen) atoms. The van der Waals surface area contributed by atoms with Gasteiger partial charge in [-0.3, -0.25) is 5.10 Å². The molecule has 0 spiro atoms. The van der Waals surface area contributed by atoms with Crippen LogP contribution in [0.5, 0.6) is 0 Å². The highest BCUT2D eigenvalue weighted by Gasteiger charge is 2.16. The number of hydrogen-bond donors (Lipinski definition) is 2. The quantitative estimate of drug-likeness (QED) is 0.800. The second-order valence-corrected chi connectivity index (χ2v) is 4.95. The number of aromatic nitrogens is 3. The molecule has 1 heterocycles. The van der Waals surface area contributed by atoms with Gasteiger partial charge in [-0.1, -0.05) is 12.1 Å². The van der Waals surface area contributed by atoms with Crippen molar-refractivity contribution in [2.24, 2.45) is 0 Å². The average molecular weight is 306 g/mol. The van der Waals surface area contributed by atoms with Crippen LogP contribution >= 0.6 is 0 Å². The first kappa shape index (κ1) is 16.1. The van der Waals surface area contributed by atoms with Gasteiger partial charge in [-0.2, -0.15) is 0 Å². The zero-order valence-corrected chi connectivity index (χ0v) is 12.8. The van der Waals surface area contributed by atoms with Crippen LogP contribution in [0.15, 0.2) is 18.2 Å². The molecule has 0 saturated heterocycles. The van der Waals surface area contributed by atoms with Gasteiger partial charge >= 0.3 is 5.97 Å². The maximum Gasteiger partial charge on any atom is 0.378 e. The highest BCUT2D eigenvalue weighted by molar-refractivity contribution is 5.84. The van der Waals surface area contributed by atoms with E-state index in [1.54, 1.807) is 26.0 Å². The molecule has 7 heteroatoms. The Labute approximate surface area is 128 Å². The fourth-order valence-corrected chi connectivity index (χ4v) is 1.94. The predicted octanol–water partition coefficient (Wildman–Crippen LogP) is 2.28. The molecule has 1 aromatic heterocycles. The second-order valence-electron chi connectivity index (χ2n) is 4.95. The van der Waals surface area contributed by atoms with E-state index in [0.29, 0.717) is 17.9 Å². The number of ether oxygens (including phenoxy) is 1. The van der Waals surface area contributed by atoms with Crippen molar-refractivity contribution < 1.29 is 13.9 Å². The summed E-state index contributed by atoms with van der Waals surface area (Å²) in [4.78, 5) is 15.6. The minimum absolute atomic E-state index is 0.0168. The Hall–Kier alpha value is -2.28. The summed E-state index contributed by atoms with van der Waals surface area (Å²) in [6, 6.07) is 4.83. The highest BCUT2D eigenvalue weighted by atomic mass is 19.1. The molecule has 0 bridgehead atoms. The predicted molar refractivity (Wildman–Crippen MR) is 78.7 cm³/mol. The summed E-state index contributed by atoms with van der Waals surface area (Å²) in [7, 11) is 0. The molecule has 0 aliphatic carbocycles. The van der Waals surface area contributed by atoms with E-state index in [-0.39, 0.29) is 24.3 Å². The van der Waals surface area contributed by atoms with Crippen molar-refractivity contribution in [2.45, 2.75) is 33.4 Å². The molecule has 1 atom stereocenters. The molecule has 6 nitrogen and oxygen atoms in total. The van der Waals surface area contributed by atoms with Gasteiger partial charge in [0.25, 0.3) is 5.82 Å². The summed E-state index contributed by atoms with van der Waals surface area (Å²) >= 11 is 0. The Balaban J connectivity index is 1.95. The van der Waals surface area contributed by atoms with Crippen molar-refractivity contribution in [1.82, 2.24) is 20.5 Å². The zero-order chi connectivity index (χ0) is 16.1. The van der Waals surface area contributed by atoms with Crippen LogP contribution in [0.4, 0.5) is 4.39 Å². The second kappa shape index (κ2) is 7.13. The van der Waals surface area contributed by atoms with E-state index in [9.17, 15) is 9.18 Å². The van der Waals surface area contributed by atoms with E-state index < -0.39 is 5.97 Å². The number of halogens is 1. The van der Waals surface area contributed by atoms with Crippen LogP contribution in [0.2, 0.25) is 0 Å². The van der Waals surface area contributed by atoms with Gasteiger partial charge in [0.1, 0.15) is 11.6 Å².